The van der Waals surface area contributed by atoms with Gasteiger partial charge in [-0.2, -0.15) is 0 Å². The molecular weight excluding hydrogens is 249 g/mol. The summed E-state index contributed by atoms with van der Waals surface area (Å²) in [5.74, 6) is 0.363. The summed E-state index contributed by atoms with van der Waals surface area (Å²) in [6.45, 7) is 4.10. The summed E-state index contributed by atoms with van der Waals surface area (Å²) in [6, 6.07) is 4.88. The molecule has 0 heterocycles. The van der Waals surface area contributed by atoms with Crippen LogP contribution in [-0.2, 0) is 4.79 Å². The van der Waals surface area contributed by atoms with Gasteiger partial charge in [-0.05, 0) is 26.0 Å². The number of rotatable bonds is 4. The van der Waals surface area contributed by atoms with Gasteiger partial charge in [0, 0.05) is 12.6 Å². The number of nitrogens with one attached hydrogen (secondary N) is 1. The molecule has 88 valence electrons. The van der Waals surface area contributed by atoms with E-state index in [1.54, 1.807) is 25.1 Å². The largest absolute Gasteiger partial charge is 0.481 e. The van der Waals surface area contributed by atoms with Crippen molar-refractivity contribution in [3.8, 4) is 5.75 Å². The number of halogens is 2. The van der Waals surface area contributed by atoms with Crippen LogP contribution < -0.4 is 10.1 Å². The summed E-state index contributed by atoms with van der Waals surface area (Å²) in [7, 11) is 0. The first-order valence-electron chi connectivity index (χ1n) is 4.94. The average Bonchev–Trinajstić information content (AvgIpc) is 2.24. The molecule has 0 saturated carbocycles. The second kappa shape index (κ2) is 5.97. The van der Waals surface area contributed by atoms with Crippen molar-refractivity contribution in [2.24, 2.45) is 0 Å². The van der Waals surface area contributed by atoms with Gasteiger partial charge in [0.25, 0.3) is 5.91 Å². The van der Waals surface area contributed by atoms with Crippen LogP contribution in [-0.4, -0.2) is 18.6 Å². The maximum Gasteiger partial charge on any atom is 0.260 e. The predicted molar refractivity (Wildman–Crippen MR) is 65.2 cm³/mol. The van der Waals surface area contributed by atoms with Crippen molar-refractivity contribution in [3.05, 3.63) is 28.2 Å². The van der Waals surface area contributed by atoms with Gasteiger partial charge in [0.05, 0.1) is 10.0 Å². The van der Waals surface area contributed by atoms with Crippen LogP contribution >= 0.6 is 23.2 Å². The number of likely N-dealkylation sites (N-methyl/N-ethyl adjacent to an activating group) is 1. The van der Waals surface area contributed by atoms with E-state index in [1.807, 2.05) is 6.92 Å². The number of amides is 1. The van der Waals surface area contributed by atoms with Crippen LogP contribution in [0.25, 0.3) is 0 Å². The molecule has 1 rings (SSSR count). The van der Waals surface area contributed by atoms with E-state index < -0.39 is 6.10 Å². The van der Waals surface area contributed by atoms with E-state index in [4.69, 9.17) is 27.9 Å². The minimum absolute atomic E-state index is 0.159. The lowest BCUT2D eigenvalue weighted by atomic mass is 10.3. The van der Waals surface area contributed by atoms with Crippen molar-refractivity contribution < 1.29 is 9.53 Å². The third-order valence-corrected chi connectivity index (χ3v) is 2.66. The minimum atomic E-state index is -0.558. The van der Waals surface area contributed by atoms with Gasteiger partial charge in [-0.3, -0.25) is 4.79 Å². The number of ether oxygens (including phenoxy) is 1. The predicted octanol–water partition coefficient (Wildman–Crippen LogP) is 2.90. The lowest BCUT2D eigenvalue weighted by molar-refractivity contribution is -0.127. The highest BCUT2D eigenvalue weighted by Gasteiger charge is 2.13. The smallest absolute Gasteiger partial charge is 0.260 e. The molecule has 0 bridgehead atoms. The van der Waals surface area contributed by atoms with E-state index in [0.29, 0.717) is 22.3 Å². The SMILES string of the molecule is CCNC(=O)C(C)Oc1ccc(Cl)c(Cl)c1. The van der Waals surface area contributed by atoms with Crippen molar-refractivity contribution in [3.63, 3.8) is 0 Å². The number of benzene rings is 1. The molecule has 16 heavy (non-hydrogen) atoms. The van der Waals surface area contributed by atoms with Crippen LogP contribution in [0.5, 0.6) is 5.75 Å². The molecule has 1 aromatic rings. The molecule has 0 aromatic heterocycles. The Morgan fingerprint density at radius 3 is 2.69 bits per heavy atom. The highest BCUT2D eigenvalue weighted by atomic mass is 35.5. The highest BCUT2D eigenvalue weighted by Crippen LogP contribution is 2.26. The summed E-state index contributed by atoms with van der Waals surface area (Å²) in [5.41, 5.74) is 0. The van der Waals surface area contributed by atoms with E-state index in [-0.39, 0.29) is 5.91 Å². The van der Waals surface area contributed by atoms with Gasteiger partial charge in [-0.15, -0.1) is 0 Å². The molecule has 1 aromatic carbocycles. The molecule has 1 amide bonds. The Labute approximate surface area is 105 Å². The average molecular weight is 262 g/mol. The molecule has 0 saturated heterocycles. The normalized spacial score (nSPS) is 12.0. The van der Waals surface area contributed by atoms with Gasteiger partial charge in [0.2, 0.25) is 0 Å². The van der Waals surface area contributed by atoms with Crippen molar-refractivity contribution in [2.45, 2.75) is 20.0 Å². The fraction of sp³-hybridized carbons (Fsp3) is 0.364. The fourth-order valence-electron chi connectivity index (χ4n) is 1.13. The monoisotopic (exact) mass is 261 g/mol. The second-order valence-corrected chi connectivity index (χ2v) is 4.04. The Hall–Kier alpha value is -0.930. The topological polar surface area (TPSA) is 38.3 Å². The van der Waals surface area contributed by atoms with Crippen LogP contribution in [0.15, 0.2) is 18.2 Å². The van der Waals surface area contributed by atoms with Crippen molar-refractivity contribution in [2.75, 3.05) is 6.54 Å². The summed E-state index contributed by atoms with van der Waals surface area (Å²) in [6.07, 6.45) is -0.558. The van der Waals surface area contributed by atoms with Gasteiger partial charge in [-0.1, -0.05) is 23.2 Å². The molecule has 0 spiro atoms. The third-order valence-electron chi connectivity index (χ3n) is 1.92. The van der Waals surface area contributed by atoms with Crippen LogP contribution in [0.3, 0.4) is 0 Å². The summed E-state index contributed by atoms with van der Waals surface area (Å²) < 4.78 is 5.41. The Kier molecular flexibility index (Phi) is 4.90. The van der Waals surface area contributed by atoms with E-state index in [1.165, 1.54) is 0 Å². The van der Waals surface area contributed by atoms with E-state index in [0.717, 1.165) is 0 Å². The zero-order chi connectivity index (χ0) is 12.1. The Bertz CT molecular complexity index is 382. The van der Waals surface area contributed by atoms with Gasteiger partial charge in [-0.25, -0.2) is 0 Å². The molecule has 1 unspecified atom stereocenters. The minimum Gasteiger partial charge on any atom is -0.481 e. The standard InChI is InChI=1S/C11H13Cl2NO2/c1-3-14-11(15)7(2)16-8-4-5-9(12)10(13)6-8/h4-7H,3H2,1-2H3,(H,14,15). The van der Waals surface area contributed by atoms with Gasteiger partial charge in [0.1, 0.15) is 5.75 Å². The first kappa shape index (κ1) is 13.1. The lowest BCUT2D eigenvalue weighted by Gasteiger charge is -2.14. The maximum absolute atomic E-state index is 11.4. The zero-order valence-corrected chi connectivity index (χ0v) is 10.6. The van der Waals surface area contributed by atoms with Gasteiger partial charge < -0.3 is 10.1 Å². The first-order valence-corrected chi connectivity index (χ1v) is 5.69. The quantitative estimate of drug-likeness (QED) is 0.906. The van der Waals surface area contributed by atoms with Crippen LogP contribution in [0.2, 0.25) is 10.0 Å². The molecular formula is C11H13Cl2NO2. The van der Waals surface area contributed by atoms with E-state index in [2.05, 4.69) is 5.32 Å². The summed E-state index contributed by atoms with van der Waals surface area (Å²) >= 11 is 11.6. The summed E-state index contributed by atoms with van der Waals surface area (Å²) in [5, 5.41) is 3.53. The first-order chi connectivity index (χ1) is 7.54. The van der Waals surface area contributed by atoms with E-state index >= 15 is 0 Å². The molecule has 0 aliphatic rings. The number of carbonyl (C=O) groups excluding carboxylic acids is 1. The maximum atomic E-state index is 11.4. The molecule has 0 aliphatic carbocycles. The Balaban J connectivity index is 2.66. The molecule has 1 N–H and O–H groups in total. The molecule has 0 fully saturated rings. The van der Waals surface area contributed by atoms with Crippen molar-refractivity contribution in [1.29, 1.82) is 0 Å². The van der Waals surface area contributed by atoms with E-state index in [9.17, 15) is 4.79 Å². The number of carbonyl (C=O) groups is 1. The molecule has 5 heteroatoms. The van der Waals surface area contributed by atoms with Gasteiger partial charge >= 0.3 is 0 Å². The van der Waals surface area contributed by atoms with Crippen LogP contribution in [0.1, 0.15) is 13.8 Å². The van der Waals surface area contributed by atoms with Crippen LogP contribution in [0, 0.1) is 0 Å². The Morgan fingerprint density at radius 1 is 1.44 bits per heavy atom. The molecule has 1 atom stereocenters. The molecule has 0 radical (unpaired) electrons. The molecule has 3 nitrogen and oxygen atoms in total. The van der Waals surface area contributed by atoms with Crippen LogP contribution in [0.4, 0.5) is 0 Å². The lowest BCUT2D eigenvalue weighted by Crippen LogP contribution is -2.36. The Morgan fingerprint density at radius 2 is 2.12 bits per heavy atom. The molecule has 0 aliphatic heterocycles. The second-order valence-electron chi connectivity index (χ2n) is 3.23. The third kappa shape index (κ3) is 3.58. The number of hydrogen-bond donors (Lipinski definition) is 1. The van der Waals surface area contributed by atoms with Crippen molar-refractivity contribution >= 4 is 29.1 Å². The zero-order valence-electron chi connectivity index (χ0n) is 9.09. The summed E-state index contributed by atoms with van der Waals surface area (Å²) in [4.78, 5) is 11.4. The highest BCUT2D eigenvalue weighted by molar-refractivity contribution is 6.42. The van der Waals surface area contributed by atoms with Crippen molar-refractivity contribution in [1.82, 2.24) is 5.32 Å². The van der Waals surface area contributed by atoms with Gasteiger partial charge in [0.15, 0.2) is 6.10 Å². The number of hydrogen-bond acceptors (Lipinski definition) is 2. The fourth-order valence-corrected chi connectivity index (χ4v) is 1.41.